The molecule has 0 aliphatic heterocycles. The summed E-state index contributed by atoms with van der Waals surface area (Å²) >= 11 is 0. The molecule has 0 atom stereocenters. The minimum absolute atomic E-state index is 0.268. The van der Waals surface area contributed by atoms with Crippen molar-refractivity contribution in [3.05, 3.63) is 66.5 Å². The van der Waals surface area contributed by atoms with Crippen LogP contribution in [-0.4, -0.2) is 36.6 Å². The van der Waals surface area contributed by atoms with E-state index in [9.17, 15) is 4.79 Å². The lowest BCUT2D eigenvalue weighted by atomic mass is 10.1. The summed E-state index contributed by atoms with van der Waals surface area (Å²) < 4.78 is 12.2. The predicted octanol–water partition coefficient (Wildman–Crippen LogP) is 3.25. The molecule has 7 nitrogen and oxygen atoms in total. The van der Waals surface area contributed by atoms with Crippen molar-refractivity contribution in [3.63, 3.8) is 0 Å². The second-order valence-electron chi connectivity index (χ2n) is 5.82. The first-order chi connectivity index (χ1) is 13.2. The van der Waals surface area contributed by atoms with Crippen LogP contribution in [0.2, 0.25) is 0 Å². The van der Waals surface area contributed by atoms with Crippen molar-refractivity contribution >= 4 is 11.7 Å². The Morgan fingerprint density at radius 1 is 1.07 bits per heavy atom. The van der Waals surface area contributed by atoms with Gasteiger partial charge in [0.2, 0.25) is 0 Å². The number of carbonyl (C=O) groups is 1. The van der Waals surface area contributed by atoms with E-state index in [4.69, 9.17) is 9.47 Å². The molecule has 0 bridgehead atoms. The molecule has 1 heterocycles. The van der Waals surface area contributed by atoms with Crippen LogP contribution in [0.15, 0.2) is 60.9 Å². The second kappa shape index (κ2) is 8.75. The fraction of sp³-hybridized carbons (Fsp3) is 0.200. The molecule has 2 aromatic carbocycles. The van der Waals surface area contributed by atoms with Gasteiger partial charge >= 0.3 is 6.03 Å². The van der Waals surface area contributed by atoms with Crippen molar-refractivity contribution < 1.29 is 14.3 Å². The number of amides is 2. The number of benzene rings is 2. The van der Waals surface area contributed by atoms with Gasteiger partial charge in [0.1, 0.15) is 0 Å². The molecule has 3 rings (SSSR count). The highest BCUT2D eigenvalue weighted by molar-refractivity contribution is 5.89. The van der Waals surface area contributed by atoms with E-state index in [1.165, 1.54) is 0 Å². The van der Waals surface area contributed by atoms with Crippen LogP contribution in [0, 0.1) is 0 Å². The first kappa shape index (κ1) is 18.3. The van der Waals surface area contributed by atoms with Gasteiger partial charge in [0.05, 0.1) is 19.9 Å². The molecule has 0 aliphatic carbocycles. The molecule has 27 heavy (non-hydrogen) atoms. The van der Waals surface area contributed by atoms with Gasteiger partial charge in [-0.15, -0.1) is 0 Å². The smallest absolute Gasteiger partial charge is 0.319 e. The first-order valence-electron chi connectivity index (χ1n) is 8.55. The molecule has 0 saturated heterocycles. The minimum atomic E-state index is -0.268. The summed E-state index contributed by atoms with van der Waals surface area (Å²) in [6, 6.07) is 14.9. The summed E-state index contributed by atoms with van der Waals surface area (Å²) in [6.07, 6.45) is 4.38. The Labute approximate surface area is 157 Å². The number of carbonyl (C=O) groups excluding carboxylic acids is 1. The fourth-order valence-corrected chi connectivity index (χ4v) is 2.65. The number of ether oxygens (including phenoxy) is 2. The summed E-state index contributed by atoms with van der Waals surface area (Å²) in [6.45, 7) is 0.528. The first-order valence-corrected chi connectivity index (χ1v) is 8.55. The third-order valence-electron chi connectivity index (χ3n) is 4.05. The maximum absolute atomic E-state index is 12.1. The molecule has 2 amide bonds. The Hall–Kier alpha value is -3.48. The normalized spacial score (nSPS) is 10.3. The third kappa shape index (κ3) is 4.78. The zero-order chi connectivity index (χ0) is 19.1. The molecule has 0 radical (unpaired) electrons. The molecule has 0 spiro atoms. The Balaban J connectivity index is 1.48. The number of aromatic nitrogens is 2. The molecule has 1 aromatic heterocycles. The average molecular weight is 366 g/mol. The summed E-state index contributed by atoms with van der Waals surface area (Å²) in [5.41, 5.74) is 2.77. The highest BCUT2D eigenvalue weighted by Gasteiger charge is 2.07. The second-order valence-corrected chi connectivity index (χ2v) is 5.82. The number of nitrogens with one attached hydrogen (secondary N) is 2. The fourth-order valence-electron chi connectivity index (χ4n) is 2.65. The van der Waals surface area contributed by atoms with Crippen LogP contribution in [0.1, 0.15) is 5.56 Å². The summed E-state index contributed by atoms with van der Waals surface area (Å²) in [7, 11) is 3.12. The van der Waals surface area contributed by atoms with E-state index in [0.717, 1.165) is 17.7 Å². The van der Waals surface area contributed by atoms with E-state index in [0.29, 0.717) is 23.7 Å². The van der Waals surface area contributed by atoms with Crippen LogP contribution in [0.3, 0.4) is 0 Å². The maximum Gasteiger partial charge on any atom is 0.319 e. The average Bonchev–Trinajstić information content (AvgIpc) is 3.23. The van der Waals surface area contributed by atoms with E-state index >= 15 is 0 Å². The van der Waals surface area contributed by atoms with Gasteiger partial charge in [0.15, 0.2) is 11.5 Å². The Kier molecular flexibility index (Phi) is 5.94. The molecule has 3 aromatic rings. The molecule has 2 N–H and O–H groups in total. The van der Waals surface area contributed by atoms with E-state index < -0.39 is 0 Å². The number of hydrogen-bond acceptors (Lipinski definition) is 4. The molecule has 0 aliphatic rings. The van der Waals surface area contributed by atoms with Gasteiger partial charge in [-0.1, -0.05) is 12.1 Å². The molecule has 0 unspecified atom stereocenters. The molecule has 0 fully saturated rings. The molecule has 140 valence electrons. The highest BCUT2D eigenvalue weighted by Crippen LogP contribution is 2.29. The number of nitrogens with zero attached hydrogens (tertiary/aromatic N) is 2. The standard InChI is InChI=1S/C20H22N4O3/c1-26-18-9-6-16(14-19(18)27-2)23-20(25)21-12-10-15-4-7-17(8-5-15)24-13-3-11-22-24/h3-9,11,13-14H,10,12H2,1-2H3,(H2,21,23,25). The van der Waals surface area contributed by atoms with Gasteiger partial charge in [-0.2, -0.15) is 5.10 Å². The van der Waals surface area contributed by atoms with Gasteiger partial charge in [0, 0.05) is 30.7 Å². The molecule has 0 saturated carbocycles. The van der Waals surface area contributed by atoms with Gasteiger partial charge in [-0.25, -0.2) is 9.48 Å². The van der Waals surface area contributed by atoms with Crippen molar-refractivity contribution in [1.82, 2.24) is 15.1 Å². The van der Waals surface area contributed by atoms with Crippen LogP contribution in [0.25, 0.3) is 5.69 Å². The third-order valence-corrected chi connectivity index (χ3v) is 4.05. The van der Waals surface area contributed by atoms with Gasteiger partial charge in [-0.3, -0.25) is 0 Å². The van der Waals surface area contributed by atoms with E-state index in [1.54, 1.807) is 43.3 Å². The zero-order valence-corrected chi connectivity index (χ0v) is 15.3. The largest absolute Gasteiger partial charge is 0.493 e. The van der Waals surface area contributed by atoms with Gasteiger partial charge < -0.3 is 20.1 Å². The zero-order valence-electron chi connectivity index (χ0n) is 15.3. The van der Waals surface area contributed by atoms with Crippen LogP contribution in [0.5, 0.6) is 11.5 Å². The van der Waals surface area contributed by atoms with E-state index in [-0.39, 0.29) is 6.03 Å². The van der Waals surface area contributed by atoms with Crippen LogP contribution in [-0.2, 0) is 6.42 Å². The molecule has 7 heteroatoms. The van der Waals surface area contributed by atoms with E-state index in [1.807, 2.05) is 36.5 Å². The minimum Gasteiger partial charge on any atom is -0.493 e. The number of hydrogen-bond donors (Lipinski definition) is 2. The maximum atomic E-state index is 12.1. The van der Waals surface area contributed by atoms with Crippen molar-refractivity contribution in [2.75, 3.05) is 26.1 Å². The predicted molar refractivity (Wildman–Crippen MR) is 104 cm³/mol. The number of anilines is 1. The lowest BCUT2D eigenvalue weighted by Crippen LogP contribution is -2.30. The van der Waals surface area contributed by atoms with Gasteiger partial charge in [0.25, 0.3) is 0 Å². The Morgan fingerprint density at radius 3 is 2.52 bits per heavy atom. The summed E-state index contributed by atoms with van der Waals surface area (Å²) in [5, 5.41) is 9.83. The highest BCUT2D eigenvalue weighted by atomic mass is 16.5. The van der Waals surface area contributed by atoms with E-state index in [2.05, 4.69) is 15.7 Å². The lowest BCUT2D eigenvalue weighted by molar-refractivity contribution is 0.252. The van der Waals surface area contributed by atoms with Crippen molar-refractivity contribution in [1.29, 1.82) is 0 Å². The Bertz CT molecular complexity index is 877. The monoisotopic (exact) mass is 366 g/mol. The number of urea groups is 1. The number of rotatable bonds is 7. The summed E-state index contributed by atoms with van der Waals surface area (Å²) in [5.74, 6) is 1.18. The number of methoxy groups -OCH3 is 2. The van der Waals surface area contributed by atoms with Crippen LogP contribution >= 0.6 is 0 Å². The molecular weight excluding hydrogens is 344 g/mol. The van der Waals surface area contributed by atoms with Gasteiger partial charge in [-0.05, 0) is 42.3 Å². The van der Waals surface area contributed by atoms with Crippen molar-refractivity contribution in [2.24, 2.45) is 0 Å². The van der Waals surface area contributed by atoms with Crippen LogP contribution in [0.4, 0.5) is 10.5 Å². The quantitative estimate of drug-likeness (QED) is 0.673. The topological polar surface area (TPSA) is 77.4 Å². The SMILES string of the molecule is COc1ccc(NC(=O)NCCc2ccc(-n3cccn3)cc2)cc1OC. The lowest BCUT2D eigenvalue weighted by Gasteiger charge is -2.11. The van der Waals surface area contributed by atoms with Crippen LogP contribution < -0.4 is 20.1 Å². The molecular formula is C20H22N4O3. The van der Waals surface area contributed by atoms with Crippen molar-refractivity contribution in [3.8, 4) is 17.2 Å². The summed E-state index contributed by atoms with van der Waals surface area (Å²) in [4.78, 5) is 12.1. The van der Waals surface area contributed by atoms with Crippen molar-refractivity contribution in [2.45, 2.75) is 6.42 Å². The Morgan fingerprint density at radius 2 is 1.85 bits per heavy atom.